The molecule has 122 valence electrons. The molecule has 2 aromatic heterocycles. The van der Waals surface area contributed by atoms with E-state index in [2.05, 4.69) is 4.98 Å². The molecule has 24 heavy (non-hydrogen) atoms. The van der Waals surface area contributed by atoms with Crippen LogP contribution >= 0.6 is 0 Å². The van der Waals surface area contributed by atoms with Crippen LogP contribution in [0.25, 0.3) is 11.3 Å². The fraction of sp³-hybridized carbons (Fsp3) is 0.125. The molecule has 2 N–H and O–H groups in total. The summed E-state index contributed by atoms with van der Waals surface area (Å²) in [5.74, 6) is 1.04. The summed E-state index contributed by atoms with van der Waals surface area (Å²) in [6.07, 6.45) is 1.60. The maximum atomic E-state index is 11.9. The standard InChI is InChI=1S/C16H14N4O4/c1-10-8-19(16(21)18-15(10)17)9-11-6-7-14(24-11)12-4-2-3-5-13(12)20(22)23/h2-8H,9H2,1H3,(H2,17,18,21). The lowest BCUT2D eigenvalue weighted by molar-refractivity contribution is -0.384. The highest BCUT2D eigenvalue weighted by Gasteiger charge is 2.17. The summed E-state index contributed by atoms with van der Waals surface area (Å²) < 4.78 is 7.04. The number of nitrogens with two attached hydrogens (primary N) is 1. The summed E-state index contributed by atoms with van der Waals surface area (Å²) in [5.41, 5.74) is 6.13. The molecule has 0 aliphatic heterocycles. The van der Waals surface area contributed by atoms with Gasteiger partial charge < -0.3 is 10.2 Å². The number of furan rings is 1. The van der Waals surface area contributed by atoms with Gasteiger partial charge in [0.25, 0.3) is 5.69 Å². The van der Waals surface area contributed by atoms with E-state index in [9.17, 15) is 14.9 Å². The Balaban J connectivity index is 1.94. The van der Waals surface area contributed by atoms with Gasteiger partial charge in [0.1, 0.15) is 17.3 Å². The van der Waals surface area contributed by atoms with Crippen LogP contribution in [0.2, 0.25) is 0 Å². The van der Waals surface area contributed by atoms with Crippen LogP contribution in [0, 0.1) is 17.0 Å². The number of nitro benzene ring substituents is 1. The quantitative estimate of drug-likeness (QED) is 0.581. The third-order valence-corrected chi connectivity index (χ3v) is 3.57. The van der Waals surface area contributed by atoms with E-state index in [4.69, 9.17) is 10.2 Å². The van der Waals surface area contributed by atoms with Crippen LogP contribution in [0.4, 0.5) is 11.5 Å². The fourth-order valence-electron chi connectivity index (χ4n) is 2.34. The Bertz CT molecular complexity index is 974. The maximum Gasteiger partial charge on any atom is 0.349 e. The molecule has 8 nitrogen and oxygen atoms in total. The Labute approximate surface area is 136 Å². The number of aryl methyl sites for hydroxylation is 1. The van der Waals surface area contributed by atoms with Crippen molar-refractivity contribution in [2.45, 2.75) is 13.5 Å². The molecule has 0 fully saturated rings. The third-order valence-electron chi connectivity index (χ3n) is 3.57. The number of nitro groups is 1. The molecule has 0 saturated carbocycles. The molecule has 3 aromatic rings. The minimum Gasteiger partial charge on any atom is -0.459 e. The summed E-state index contributed by atoms with van der Waals surface area (Å²) in [6.45, 7) is 1.91. The highest BCUT2D eigenvalue weighted by molar-refractivity contribution is 5.69. The monoisotopic (exact) mass is 326 g/mol. The predicted octanol–water partition coefficient (Wildman–Crippen LogP) is 2.35. The number of nitrogen functional groups attached to an aromatic ring is 1. The Morgan fingerprint density at radius 1 is 1.29 bits per heavy atom. The van der Waals surface area contributed by atoms with Crippen molar-refractivity contribution < 1.29 is 9.34 Å². The van der Waals surface area contributed by atoms with Crippen LogP contribution < -0.4 is 11.4 Å². The molecule has 0 aliphatic rings. The summed E-state index contributed by atoms with van der Waals surface area (Å²) in [7, 11) is 0. The fourth-order valence-corrected chi connectivity index (χ4v) is 2.34. The zero-order valence-electron chi connectivity index (χ0n) is 12.8. The highest BCUT2D eigenvalue weighted by Crippen LogP contribution is 2.30. The first-order valence-electron chi connectivity index (χ1n) is 7.12. The number of anilines is 1. The van der Waals surface area contributed by atoms with E-state index in [1.807, 2.05) is 0 Å². The molecule has 8 heteroatoms. The average Bonchev–Trinajstić information content (AvgIpc) is 3.01. The number of rotatable bonds is 4. The number of hydrogen-bond donors (Lipinski definition) is 1. The van der Waals surface area contributed by atoms with Crippen molar-refractivity contribution in [2.24, 2.45) is 0 Å². The zero-order chi connectivity index (χ0) is 17.3. The van der Waals surface area contributed by atoms with E-state index < -0.39 is 10.6 Å². The van der Waals surface area contributed by atoms with Crippen LogP contribution in [-0.2, 0) is 6.54 Å². The number of nitrogens with zero attached hydrogens (tertiary/aromatic N) is 3. The third kappa shape index (κ3) is 2.89. The van der Waals surface area contributed by atoms with Crippen molar-refractivity contribution in [1.29, 1.82) is 0 Å². The molecule has 0 radical (unpaired) electrons. The predicted molar refractivity (Wildman–Crippen MR) is 87.5 cm³/mol. The topological polar surface area (TPSA) is 117 Å². The Morgan fingerprint density at radius 2 is 2.04 bits per heavy atom. The van der Waals surface area contributed by atoms with E-state index in [0.717, 1.165) is 0 Å². The smallest absolute Gasteiger partial charge is 0.349 e. The summed E-state index contributed by atoms with van der Waals surface area (Å²) >= 11 is 0. The second-order valence-electron chi connectivity index (χ2n) is 5.26. The van der Waals surface area contributed by atoms with Crippen molar-refractivity contribution in [1.82, 2.24) is 9.55 Å². The minimum atomic E-state index is -0.484. The van der Waals surface area contributed by atoms with Gasteiger partial charge in [-0.3, -0.25) is 14.7 Å². The van der Waals surface area contributed by atoms with Gasteiger partial charge in [-0.05, 0) is 25.1 Å². The van der Waals surface area contributed by atoms with Crippen LogP contribution in [0.15, 0.2) is 51.8 Å². The second kappa shape index (κ2) is 5.99. The molecule has 3 rings (SSSR count). The first-order chi connectivity index (χ1) is 11.5. The summed E-state index contributed by atoms with van der Waals surface area (Å²) in [6, 6.07) is 9.62. The van der Waals surface area contributed by atoms with Gasteiger partial charge in [-0.2, -0.15) is 4.98 Å². The zero-order valence-corrected chi connectivity index (χ0v) is 12.8. The lowest BCUT2D eigenvalue weighted by Gasteiger charge is -2.05. The number of hydrogen-bond acceptors (Lipinski definition) is 6. The van der Waals surface area contributed by atoms with E-state index in [1.165, 1.54) is 10.6 Å². The summed E-state index contributed by atoms with van der Waals surface area (Å²) in [4.78, 5) is 26.2. The average molecular weight is 326 g/mol. The van der Waals surface area contributed by atoms with Crippen LogP contribution in [0.1, 0.15) is 11.3 Å². The molecule has 0 amide bonds. The van der Waals surface area contributed by atoms with Crippen LogP contribution in [-0.4, -0.2) is 14.5 Å². The molecule has 0 saturated heterocycles. The van der Waals surface area contributed by atoms with Crippen LogP contribution in [0.3, 0.4) is 0 Å². The molecular weight excluding hydrogens is 312 g/mol. The van der Waals surface area contributed by atoms with Gasteiger partial charge in [-0.25, -0.2) is 4.79 Å². The molecule has 0 aliphatic carbocycles. The van der Waals surface area contributed by atoms with Gasteiger partial charge >= 0.3 is 5.69 Å². The van der Waals surface area contributed by atoms with Gasteiger partial charge in [0.15, 0.2) is 0 Å². The Hall–Kier alpha value is -3.42. The van der Waals surface area contributed by atoms with Crippen molar-refractivity contribution >= 4 is 11.5 Å². The molecule has 1 aromatic carbocycles. The molecule has 0 unspecified atom stereocenters. The SMILES string of the molecule is Cc1cn(Cc2ccc(-c3ccccc3[N+](=O)[O-])o2)c(=O)nc1N. The first-order valence-corrected chi connectivity index (χ1v) is 7.12. The number of aromatic nitrogens is 2. The van der Waals surface area contributed by atoms with Crippen molar-refractivity contribution in [3.05, 3.63) is 74.5 Å². The maximum absolute atomic E-state index is 11.9. The summed E-state index contributed by atoms with van der Waals surface area (Å²) in [5, 5.41) is 11.1. The van der Waals surface area contributed by atoms with Crippen molar-refractivity contribution in [3.8, 4) is 11.3 Å². The van der Waals surface area contributed by atoms with Gasteiger partial charge in [-0.1, -0.05) is 12.1 Å². The van der Waals surface area contributed by atoms with Gasteiger partial charge in [-0.15, -0.1) is 0 Å². The first kappa shape index (κ1) is 15.5. The van der Waals surface area contributed by atoms with E-state index >= 15 is 0 Å². The van der Waals surface area contributed by atoms with Crippen molar-refractivity contribution in [3.63, 3.8) is 0 Å². The van der Waals surface area contributed by atoms with Gasteiger partial charge in [0, 0.05) is 17.8 Å². The lowest BCUT2D eigenvalue weighted by Crippen LogP contribution is -2.24. The van der Waals surface area contributed by atoms with Crippen molar-refractivity contribution in [2.75, 3.05) is 5.73 Å². The van der Waals surface area contributed by atoms with Gasteiger partial charge in [0.2, 0.25) is 0 Å². The Morgan fingerprint density at radius 3 is 2.79 bits per heavy atom. The second-order valence-corrected chi connectivity index (χ2v) is 5.26. The van der Waals surface area contributed by atoms with Gasteiger partial charge in [0.05, 0.1) is 17.0 Å². The largest absolute Gasteiger partial charge is 0.459 e. The normalized spacial score (nSPS) is 10.7. The highest BCUT2D eigenvalue weighted by atomic mass is 16.6. The molecule has 0 atom stereocenters. The molecule has 2 heterocycles. The Kier molecular flexibility index (Phi) is 3.87. The molecular formula is C16H14N4O4. The number of benzene rings is 1. The van der Waals surface area contributed by atoms with E-state index in [0.29, 0.717) is 22.6 Å². The number of para-hydroxylation sites is 1. The molecule has 0 spiro atoms. The van der Waals surface area contributed by atoms with E-state index in [1.54, 1.807) is 43.5 Å². The lowest BCUT2D eigenvalue weighted by atomic mass is 10.1. The van der Waals surface area contributed by atoms with Crippen LogP contribution in [0.5, 0.6) is 0 Å². The minimum absolute atomic E-state index is 0.0411. The molecule has 0 bridgehead atoms. The van der Waals surface area contributed by atoms with E-state index in [-0.39, 0.29) is 18.1 Å².